The number of hydrogen-bond donors (Lipinski definition) is 2. The Morgan fingerprint density at radius 2 is 1.06 bits per heavy atom. The van der Waals surface area contributed by atoms with Crippen LogP contribution in [0.5, 0.6) is 0 Å². The van der Waals surface area contributed by atoms with Gasteiger partial charge in [0.2, 0.25) is 0 Å². The molecule has 288 valence electrons. The predicted octanol–water partition coefficient (Wildman–Crippen LogP) is 10.8. The molecule has 0 aromatic rings. The van der Waals surface area contributed by atoms with Crippen molar-refractivity contribution in [3.05, 3.63) is 24.3 Å². The SMILES string of the molecule is CCCCC/C=C/C/C=C/CCCCCCCCCC(=O)O[C@H](COC(=O)CCCCCCCCCCCCC)COP(=O)(O)OCCN. The third-order valence-corrected chi connectivity index (χ3v) is 9.32. The lowest BCUT2D eigenvalue weighted by atomic mass is 10.1. The minimum Gasteiger partial charge on any atom is -0.462 e. The largest absolute Gasteiger partial charge is 0.472 e. The van der Waals surface area contributed by atoms with Crippen LogP contribution in [0, 0.1) is 0 Å². The number of unbranched alkanes of at least 4 members (excludes halogenated alkanes) is 20. The van der Waals surface area contributed by atoms with Gasteiger partial charge in [-0.15, -0.1) is 0 Å². The zero-order chi connectivity index (χ0) is 36.1. The Kier molecular flexibility index (Phi) is 35.2. The smallest absolute Gasteiger partial charge is 0.462 e. The van der Waals surface area contributed by atoms with E-state index in [0.717, 1.165) is 51.4 Å². The second kappa shape index (κ2) is 36.3. The van der Waals surface area contributed by atoms with Crippen molar-refractivity contribution in [2.75, 3.05) is 26.4 Å². The first kappa shape index (κ1) is 47.5. The van der Waals surface area contributed by atoms with Gasteiger partial charge in [0.1, 0.15) is 6.61 Å². The van der Waals surface area contributed by atoms with E-state index in [1.807, 2.05) is 0 Å². The maximum atomic E-state index is 12.5. The first-order valence-electron chi connectivity index (χ1n) is 19.8. The highest BCUT2D eigenvalue weighted by Crippen LogP contribution is 2.43. The number of phosphoric acid groups is 1. The first-order chi connectivity index (χ1) is 23.8. The van der Waals surface area contributed by atoms with Crippen molar-refractivity contribution in [1.82, 2.24) is 0 Å². The second-order valence-corrected chi connectivity index (χ2v) is 14.6. The van der Waals surface area contributed by atoms with E-state index in [4.69, 9.17) is 24.3 Å². The van der Waals surface area contributed by atoms with Crippen molar-refractivity contribution in [3.63, 3.8) is 0 Å². The molecule has 0 radical (unpaired) electrons. The van der Waals surface area contributed by atoms with Gasteiger partial charge in [0.05, 0.1) is 13.2 Å². The summed E-state index contributed by atoms with van der Waals surface area (Å²) in [5.74, 6) is -0.835. The van der Waals surface area contributed by atoms with Gasteiger partial charge in [-0.3, -0.25) is 18.6 Å². The summed E-state index contributed by atoms with van der Waals surface area (Å²) in [5, 5.41) is 0. The van der Waals surface area contributed by atoms with Crippen molar-refractivity contribution in [1.29, 1.82) is 0 Å². The highest BCUT2D eigenvalue weighted by atomic mass is 31.2. The third kappa shape index (κ3) is 36.1. The van der Waals surface area contributed by atoms with Crippen molar-refractivity contribution in [2.24, 2.45) is 5.73 Å². The fraction of sp³-hybridized carbons (Fsp3) is 0.846. The molecule has 0 aliphatic carbocycles. The summed E-state index contributed by atoms with van der Waals surface area (Å²) in [5.41, 5.74) is 5.33. The van der Waals surface area contributed by atoms with E-state index >= 15 is 0 Å². The van der Waals surface area contributed by atoms with Crippen LogP contribution in [0.15, 0.2) is 24.3 Å². The first-order valence-corrected chi connectivity index (χ1v) is 21.3. The van der Waals surface area contributed by atoms with Gasteiger partial charge in [0.25, 0.3) is 0 Å². The number of phosphoric ester groups is 1. The normalized spacial score (nSPS) is 13.6. The number of nitrogens with two attached hydrogens (primary N) is 1. The van der Waals surface area contributed by atoms with E-state index in [0.29, 0.717) is 6.42 Å². The summed E-state index contributed by atoms with van der Waals surface area (Å²) in [6.45, 7) is 3.69. The average Bonchev–Trinajstić information content (AvgIpc) is 3.08. The highest BCUT2D eigenvalue weighted by molar-refractivity contribution is 7.47. The number of carbonyl (C=O) groups excluding carboxylic acids is 2. The number of esters is 2. The molecule has 2 atom stereocenters. The summed E-state index contributed by atoms with van der Waals surface area (Å²) < 4.78 is 32.7. The molecule has 9 nitrogen and oxygen atoms in total. The van der Waals surface area contributed by atoms with E-state index in [-0.39, 0.29) is 38.6 Å². The van der Waals surface area contributed by atoms with Gasteiger partial charge in [-0.2, -0.15) is 0 Å². The van der Waals surface area contributed by atoms with Crippen molar-refractivity contribution in [3.8, 4) is 0 Å². The number of carbonyl (C=O) groups is 2. The maximum Gasteiger partial charge on any atom is 0.472 e. The molecule has 0 rings (SSSR count). The van der Waals surface area contributed by atoms with Crippen LogP contribution < -0.4 is 5.73 Å². The Hall–Kier alpha value is -1.51. The number of ether oxygens (including phenoxy) is 2. The molecule has 3 N–H and O–H groups in total. The van der Waals surface area contributed by atoms with E-state index in [9.17, 15) is 19.0 Å². The molecule has 0 amide bonds. The number of rotatable bonds is 37. The van der Waals surface area contributed by atoms with Gasteiger partial charge in [-0.1, -0.05) is 147 Å². The molecule has 1 unspecified atom stereocenters. The molecular weight excluding hydrogens is 641 g/mol. The molecule has 0 aromatic carbocycles. The van der Waals surface area contributed by atoms with Crippen LogP contribution in [-0.4, -0.2) is 49.3 Å². The average molecular weight is 716 g/mol. The predicted molar refractivity (Wildman–Crippen MR) is 201 cm³/mol. The van der Waals surface area contributed by atoms with Crippen molar-refractivity contribution < 1.29 is 37.6 Å². The van der Waals surface area contributed by atoms with E-state index in [2.05, 4.69) is 38.2 Å². The minimum atomic E-state index is -4.37. The fourth-order valence-corrected chi connectivity index (χ4v) is 6.13. The van der Waals surface area contributed by atoms with E-state index in [1.165, 1.54) is 96.3 Å². The third-order valence-electron chi connectivity index (χ3n) is 8.34. The zero-order valence-electron chi connectivity index (χ0n) is 31.4. The molecule has 0 aliphatic heterocycles. The van der Waals surface area contributed by atoms with Crippen molar-refractivity contribution in [2.45, 2.75) is 187 Å². The summed E-state index contributed by atoms with van der Waals surface area (Å²) in [7, 11) is -4.37. The quantitative estimate of drug-likeness (QED) is 0.0279. The second-order valence-electron chi connectivity index (χ2n) is 13.2. The maximum absolute atomic E-state index is 12.5. The van der Waals surface area contributed by atoms with Gasteiger partial charge in [0, 0.05) is 19.4 Å². The highest BCUT2D eigenvalue weighted by Gasteiger charge is 2.25. The van der Waals surface area contributed by atoms with Crippen LogP contribution in [-0.2, 0) is 32.7 Å². The fourth-order valence-electron chi connectivity index (χ4n) is 5.37. The van der Waals surface area contributed by atoms with Crippen LogP contribution in [0.1, 0.15) is 181 Å². The Bertz CT molecular complexity index is 866. The van der Waals surface area contributed by atoms with Crippen LogP contribution in [0.3, 0.4) is 0 Å². The molecule has 10 heteroatoms. The molecule has 0 aromatic heterocycles. The zero-order valence-corrected chi connectivity index (χ0v) is 32.3. The number of hydrogen-bond acceptors (Lipinski definition) is 8. The standard InChI is InChI=1S/C39H74NO8P/c1-3-5-7-9-11-13-15-16-17-18-19-20-22-24-26-28-30-32-39(42)48-37(36-47-49(43,44)46-34-33-40)35-45-38(41)31-29-27-25-23-21-14-12-10-8-6-4-2/h11,13,16-17,37H,3-10,12,14-15,18-36,40H2,1-2H3,(H,43,44)/b13-11+,17-16+/t37-/m1/s1. The summed E-state index contributed by atoms with van der Waals surface area (Å²) in [4.78, 5) is 34.7. The Balaban J connectivity index is 4.19. The molecule has 0 heterocycles. The monoisotopic (exact) mass is 716 g/mol. The summed E-state index contributed by atoms with van der Waals surface area (Å²) in [6, 6.07) is 0. The van der Waals surface area contributed by atoms with Crippen LogP contribution >= 0.6 is 7.82 Å². The van der Waals surface area contributed by atoms with Gasteiger partial charge in [-0.25, -0.2) is 4.57 Å². The molecule has 0 fully saturated rings. The molecule has 0 saturated carbocycles. The Labute approximate surface area is 300 Å². The summed E-state index contributed by atoms with van der Waals surface area (Å²) in [6.07, 6.45) is 36.3. The minimum absolute atomic E-state index is 0.0533. The van der Waals surface area contributed by atoms with E-state index in [1.54, 1.807) is 0 Å². The molecule has 0 spiro atoms. The van der Waals surface area contributed by atoms with Crippen LogP contribution in [0.4, 0.5) is 0 Å². The molecule has 0 bridgehead atoms. The van der Waals surface area contributed by atoms with Gasteiger partial charge in [0.15, 0.2) is 6.10 Å². The lowest BCUT2D eigenvalue weighted by Gasteiger charge is -2.19. The molecular formula is C39H74NO8P. The van der Waals surface area contributed by atoms with Gasteiger partial charge >= 0.3 is 19.8 Å². The number of allylic oxidation sites excluding steroid dienone is 4. The van der Waals surface area contributed by atoms with Gasteiger partial charge in [-0.05, 0) is 44.9 Å². The molecule has 0 saturated heterocycles. The van der Waals surface area contributed by atoms with Crippen molar-refractivity contribution >= 4 is 19.8 Å². The lowest BCUT2D eigenvalue weighted by molar-refractivity contribution is -0.161. The molecule has 0 aliphatic rings. The Morgan fingerprint density at radius 3 is 1.59 bits per heavy atom. The van der Waals surface area contributed by atoms with Crippen LogP contribution in [0.2, 0.25) is 0 Å². The topological polar surface area (TPSA) is 134 Å². The lowest BCUT2D eigenvalue weighted by Crippen LogP contribution is -2.29. The Morgan fingerprint density at radius 1 is 0.612 bits per heavy atom. The van der Waals surface area contributed by atoms with Gasteiger partial charge < -0.3 is 20.1 Å². The van der Waals surface area contributed by atoms with Crippen LogP contribution in [0.25, 0.3) is 0 Å². The summed E-state index contributed by atoms with van der Waals surface area (Å²) >= 11 is 0. The van der Waals surface area contributed by atoms with E-state index < -0.39 is 26.5 Å². The molecule has 49 heavy (non-hydrogen) atoms.